The summed E-state index contributed by atoms with van der Waals surface area (Å²) in [6.45, 7) is 1.73. The van der Waals surface area contributed by atoms with Crippen LogP contribution >= 0.6 is 15.9 Å². The third kappa shape index (κ3) is 3.71. The molecule has 0 aromatic heterocycles. The molecule has 0 heterocycles. The van der Waals surface area contributed by atoms with Crippen LogP contribution in [0.1, 0.15) is 13.3 Å². The van der Waals surface area contributed by atoms with Crippen LogP contribution in [0.2, 0.25) is 0 Å². The molecule has 0 saturated heterocycles. The zero-order valence-corrected chi connectivity index (χ0v) is 11.5. The van der Waals surface area contributed by atoms with Gasteiger partial charge in [-0.2, -0.15) is 0 Å². The van der Waals surface area contributed by atoms with Crippen molar-refractivity contribution in [2.75, 3.05) is 19.0 Å². The maximum atomic E-state index is 11.7. The number of anilines is 1. The minimum Gasteiger partial charge on any atom is -0.496 e. The summed E-state index contributed by atoms with van der Waals surface area (Å²) in [7, 11) is 1.58. The van der Waals surface area contributed by atoms with E-state index >= 15 is 0 Å². The van der Waals surface area contributed by atoms with E-state index in [9.17, 15) is 4.79 Å². The molecule has 1 aromatic carbocycles. The lowest BCUT2D eigenvalue weighted by Gasteiger charge is -2.13. The fourth-order valence-corrected chi connectivity index (χ4v) is 1.93. The highest BCUT2D eigenvalue weighted by Crippen LogP contribution is 2.27. The number of carbonyl (C=O) groups is 1. The van der Waals surface area contributed by atoms with E-state index in [2.05, 4.69) is 21.2 Å². The van der Waals surface area contributed by atoms with E-state index in [4.69, 9.17) is 9.84 Å². The molecule has 0 aliphatic carbocycles. The van der Waals surface area contributed by atoms with Crippen molar-refractivity contribution in [2.45, 2.75) is 13.3 Å². The van der Waals surface area contributed by atoms with Gasteiger partial charge in [-0.05, 0) is 40.5 Å². The van der Waals surface area contributed by atoms with E-state index in [0.29, 0.717) is 17.9 Å². The summed E-state index contributed by atoms with van der Waals surface area (Å²) in [6, 6.07) is 5.28. The lowest BCUT2D eigenvalue weighted by atomic mass is 10.1. The first-order valence-corrected chi connectivity index (χ1v) is 6.17. The van der Waals surface area contributed by atoms with Crippen molar-refractivity contribution in [3.05, 3.63) is 22.7 Å². The zero-order valence-electron chi connectivity index (χ0n) is 9.87. The van der Waals surface area contributed by atoms with Crippen molar-refractivity contribution < 1.29 is 14.6 Å². The Morgan fingerprint density at radius 2 is 2.29 bits per heavy atom. The highest BCUT2D eigenvalue weighted by molar-refractivity contribution is 9.10. The number of carbonyl (C=O) groups excluding carboxylic acids is 1. The average Bonchev–Trinajstić information content (AvgIpc) is 2.31. The van der Waals surface area contributed by atoms with Gasteiger partial charge in [0.05, 0.1) is 24.1 Å². The molecule has 0 aliphatic heterocycles. The normalized spacial score (nSPS) is 12.0. The number of ether oxygens (including phenoxy) is 1. The number of halogens is 1. The molecule has 1 atom stereocenters. The predicted octanol–water partition coefficient (Wildman–Crippen LogP) is 2.41. The molecule has 1 unspecified atom stereocenters. The van der Waals surface area contributed by atoms with Crippen molar-refractivity contribution in [2.24, 2.45) is 5.92 Å². The monoisotopic (exact) mass is 301 g/mol. The minimum absolute atomic E-state index is 0.139. The Kier molecular flexibility index (Phi) is 5.44. The average molecular weight is 302 g/mol. The number of aliphatic hydroxyl groups excluding tert-OH is 1. The van der Waals surface area contributed by atoms with Crippen LogP contribution < -0.4 is 10.1 Å². The zero-order chi connectivity index (χ0) is 12.8. The van der Waals surface area contributed by atoms with Crippen molar-refractivity contribution in [1.82, 2.24) is 0 Å². The molecule has 0 radical (unpaired) electrons. The van der Waals surface area contributed by atoms with Crippen molar-refractivity contribution in [3.63, 3.8) is 0 Å². The summed E-state index contributed by atoms with van der Waals surface area (Å²) >= 11 is 3.34. The molecule has 4 nitrogen and oxygen atoms in total. The molecule has 2 N–H and O–H groups in total. The lowest BCUT2D eigenvalue weighted by molar-refractivity contribution is -0.121. The Bertz CT molecular complexity index is 391. The Morgan fingerprint density at radius 3 is 2.76 bits per heavy atom. The summed E-state index contributed by atoms with van der Waals surface area (Å²) in [5, 5.41) is 11.8. The van der Waals surface area contributed by atoms with Crippen molar-refractivity contribution in [3.8, 4) is 5.75 Å². The number of rotatable bonds is 5. The number of methoxy groups -OCH3 is 1. The molecule has 5 heteroatoms. The summed E-state index contributed by atoms with van der Waals surface area (Å²) < 4.78 is 5.87. The van der Waals surface area contributed by atoms with Gasteiger partial charge >= 0.3 is 0 Å². The summed E-state index contributed by atoms with van der Waals surface area (Å²) in [5.41, 5.74) is 0.676. The summed E-state index contributed by atoms with van der Waals surface area (Å²) in [5.74, 6) is 0.167. The molecular formula is C12H16BrNO3. The highest BCUT2D eigenvalue weighted by Gasteiger charge is 2.15. The van der Waals surface area contributed by atoms with Gasteiger partial charge in [0.25, 0.3) is 0 Å². The van der Waals surface area contributed by atoms with Crippen LogP contribution in [0.25, 0.3) is 0 Å². The summed E-state index contributed by atoms with van der Waals surface area (Å²) in [4.78, 5) is 11.7. The van der Waals surface area contributed by atoms with Crippen LogP contribution in [0.4, 0.5) is 5.69 Å². The molecule has 1 aromatic rings. The van der Waals surface area contributed by atoms with Crippen LogP contribution in [0.3, 0.4) is 0 Å². The largest absolute Gasteiger partial charge is 0.496 e. The van der Waals surface area contributed by atoms with Gasteiger partial charge in [-0.15, -0.1) is 0 Å². The molecule has 0 fully saturated rings. The predicted molar refractivity (Wildman–Crippen MR) is 70.2 cm³/mol. The SMILES string of the molecule is CCC(CO)C(=O)Nc1ccc(OC)c(Br)c1. The topological polar surface area (TPSA) is 58.6 Å². The van der Waals surface area contributed by atoms with E-state index in [1.807, 2.05) is 6.92 Å². The van der Waals surface area contributed by atoms with Crippen molar-refractivity contribution in [1.29, 1.82) is 0 Å². The third-order valence-corrected chi connectivity index (χ3v) is 3.12. The number of aliphatic hydroxyl groups is 1. The first-order chi connectivity index (χ1) is 8.12. The second-order valence-electron chi connectivity index (χ2n) is 3.63. The fraction of sp³-hybridized carbons (Fsp3) is 0.417. The Morgan fingerprint density at radius 1 is 1.59 bits per heavy atom. The smallest absolute Gasteiger partial charge is 0.229 e. The van der Waals surface area contributed by atoms with Crippen LogP contribution in [0.5, 0.6) is 5.75 Å². The molecule has 1 amide bonds. The first-order valence-electron chi connectivity index (χ1n) is 5.37. The number of hydrogen-bond acceptors (Lipinski definition) is 3. The quantitative estimate of drug-likeness (QED) is 0.878. The minimum atomic E-state index is -0.365. The Balaban J connectivity index is 2.75. The lowest BCUT2D eigenvalue weighted by Crippen LogP contribution is -2.25. The molecule has 1 rings (SSSR count). The van der Waals surface area contributed by atoms with Crippen LogP contribution in [-0.4, -0.2) is 24.7 Å². The maximum Gasteiger partial charge on any atom is 0.229 e. The van der Waals surface area contributed by atoms with Gasteiger partial charge < -0.3 is 15.2 Å². The molecule has 0 saturated carbocycles. The van der Waals surface area contributed by atoms with E-state index in [-0.39, 0.29) is 18.4 Å². The van der Waals surface area contributed by atoms with E-state index < -0.39 is 0 Å². The van der Waals surface area contributed by atoms with Gasteiger partial charge in [-0.3, -0.25) is 4.79 Å². The van der Waals surface area contributed by atoms with Gasteiger partial charge in [0, 0.05) is 5.69 Å². The molecular weight excluding hydrogens is 286 g/mol. The second kappa shape index (κ2) is 6.61. The number of hydrogen-bond donors (Lipinski definition) is 2. The Hall–Kier alpha value is -1.07. The Labute approximate surface area is 109 Å². The third-order valence-electron chi connectivity index (χ3n) is 2.50. The van der Waals surface area contributed by atoms with Gasteiger partial charge in [-0.1, -0.05) is 6.92 Å². The first kappa shape index (κ1) is 14.0. The fourth-order valence-electron chi connectivity index (χ4n) is 1.39. The van der Waals surface area contributed by atoms with E-state index in [1.54, 1.807) is 25.3 Å². The van der Waals surface area contributed by atoms with Crippen LogP contribution in [0.15, 0.2) is 22.7 Å². The standard InChI is InChI=1S/C12H16BrNO3/c1-3-8(7-15)12(16)14-9-4-5-11(17-2)10(13)6-9/h4-6,8,15H,3,7H2,1-2H3,(H,14,16). The van der Waals surface area contributed by atoms with Crippen LogP contribution in [-0.2, 0) is 4.79 Å². The van der Waals surface area contributed by atoms with E-state index in [0.717, 1.165) is 4.47 Å². The van der Waals surface area contributed by atoms with Gasteiger partial charge in [0.2, 0.25) is 5.91 Å². The van der Waals surface area contributed by atoms with Gasteiger partial charge in [0.1, 0.15) is 5.75 Å². The molecule has 17 heavy (non-hydrogen) atoms. The molecule has 0 bridgehead atoms. The number of benzene rings is 1. The van der Waals surface area contributed by atoms with Gasteiger partial charge in [-0.25, -0.2) is 0 Å². The number of nitrogens with one attached hydrogen (secondary N) is 1. The summed E-state index contributed by atoms with van der Waals surface area (Å²) in [6.07, 6.45) is 0.611. The van der Waals surface area contributed by atoms with Crippen molar-refractivity contribution >= 4 is 27.5 Å². The highest BCUT2D eigenvalue weighted by atomic mass is 79.9. The van der Waals surface area contributed by atoms with Crippen LogP contribution in [0, 0.1) is 5.92 Å². The number of amides is 1. The molecule has 0 aliphatic rings. The maximum absolute atomic E-state index is 11.7. The van der Waals surface area contributed by atoms with E-state index in [1.165, 1.54) is 0 Å². The molecule has 0 spiro atoms. The second-order valence-corrected chi connectivity index (χ2v) is 4.48. The van der Waals surface area contributed by atoms with Gasteiger partial charge in [0.15, 0.2) is 0 Å². The molecule has 94 valence electrons.